The molecule has 0 aliphatic carbocycles. The molecule has 7 aromatic rings. The lowest BCUT2D eigenvalue weighted by molar-refractivity contribution is -0.277. The summed E-state index contributed by atoms with van der Waals surface area (Å²) in [6.07, 6.45) is -15.4. The Morgan fingerprint density at radius 2 is 1.20 bits per heavy atom. The number of rotatable bonds is 18. The van der Waals surface area contributed by atoms with Crippen LogP contribution in [0.4, 0.5) is 0 Å². The lowest BCUT2D eigenvalue weighted by Crippen LogP contribution is -2.66. The van der Waals surface area contributed by atoms with Crippen LogP contribution in [0.25, 0.3) is 11.1 Å². The van der Waals surface area contributed by atoms with Gasteiger partial charge >= 0.3 is 5.97 Å². The summed E-state index contributed by atoms with van der Waals surface area (Å²) in [6, 6.07) is 6.31. The Bertz CT molecular complexity index is 5410. The molecule has 40 heteroatoms. The van der Waals surface area contributed by atoms with Gasteiger partial charge in [0.25, 0.3) is 0 Å². The first kappa shape index (κ1) is 93.3. The summed E-state index contributed by atoms with van der Waals surface area (Å²) in [5, 5.41) is 149. The van der Waals surface area contributed by atoms with E-state index in [-0.39, 0.29) is 61.0 Å². The molecule has 9 aliphatic heterocycles. The number of unbranched alkanes of at least 4 members (excludes halogenated alkanes) is 5. The molecule has 38 nitrogen and oxygen atoms in total. The third-order valence-corrected chi connectivity index (χ3v) is 24.4. The number of aromatic hydroxyl groups is 4. The Hall–Kier alpha value is -11.9. The maximum atomic E-state index is 16.9. The van der Waals surface area contributed by atoms with Crippen LogP contribution in [-0.2, 0) is 63.8 Å². The number of nitrogens with zero attached hydrogens (tertiary/aromatic N) is 2. The van der Waals surface area contributed by atoms with E-state index in [0.29, 0.717) is 24.3 Å². The van der Waals surface area contributed by atoms with Crippen molar-refractivity contribution in [3.8, 4) is 80.1 Å². The Morgan fingerprint density at radius 1 is 0.558 bits per heavy atom. The van der Waals surface area contributed by atoms with Crippen molar-refractivity contribution in [3.05, 3.63) is 164 Å². The number of phenolic OH excluding ortho intramolecular Hbond substituents is 4. The first-order chi connectivity index (χ1) is 61.7. The summed E-state index contributed by atoms with van der Waals surface area (Å²) >= 11 is 14.4. The van der Waals surface area contributed by atoms with Crippen LogP contribution < -0.4 is 66.2 Å². The van der Waals surface area contributed by atoms with E-state index in [2.05, 4.69) is 56.4 Å². The van der Waals surface area contributed by atoms with Gasteiger partial charge in [0.2, 0.25) is 65.6 Å². The predicted molar refractivity (Wildman–Crippen MR) is 454 cm³/mol. The van der Waals surface area contributed by atoms with Gasteiger partial charge in [-0.1, -0.05) is 106 Å². The van der Waals surface area contributed by atoms with Crippen molar-refractivity contribution in [2.24, 2.45) is 5.92 Å². The smallest absolute Gasteiger partial charge is 0.337 e. The van der Waals surface area contributed by atoms with Gasteiger partial charge < -0.3 is 146 Å². The van der Waals surface area contributed by atoms with Crippen molar-refractivity contribution in [3.63, 3.8) is 0 Å². The minimum atomic E-state index is -2.43. The molecular weight excluding hydrogens is 1730 g/mol. The highest BCUT2D eigenvalue weighted by Crippen LogP contribution is 2.51. The number of ether oxygens (including phenoxy) is 8. The number of aliphatic hydroxyl groups excluding tert-OH is 7. The molecule has 3 saturated heterocycles. The minimum absolute atomic E-state index is 0.0198. The maximum absolute atomic E-state index is 16.9. The van der Waals surface area contributed by atoms with Crippen LogP contribution in [0.5, 0.6) is 69.0 Å². The summed E-state index contributed by atoms with van der Waals surface area (Å²) in [4.78, 5) is 143. The minimum Gasteiger partial charge on any atom is -0.508 e. The fraction of sp³-hybridized carbons (Fsp3) is 0.427. The fourth-order valence-electron chi connectivity index (χ4n) is 16.5. The number of carbonyl (C=O) groups is 9. The van der Waals surface area contributed by atoms with Crippen LogP contribution in [0.15, 0.2) is 115 Å². The molecule has 7 aromatic carbocycles. The van der Waals surface area contributed by atoms with E-state index in [4.69, 9.17) is 61.1 Å². The highest BCUT2D eigenvalue weighted by molar-refractivity contribution is 6.33. The van der Waals surface area contributed by atoms with Gasteiger partial charge in [-0.2, -0.15) is 0 Å². The molecule has 129 heavy (non-hydrogen) atoms. The second-order valence-corrected chi connectivity index (χ2v) is 33.9. The number of nitrogens with one attached hydrogen (secondary N) is 8. The van der Waals surface area contributed by atoms with Gasteiger partial charge in [-0.05, 0) is 133 Å². The van der Waals surface area contributed by atoms with Crippen LogP contribution >= 0.6 is 23.2 Å². The second-order valence-electron chi connectivity index (χ2n) is 33.1. The third kappa shape index (κ3) is 20.4. The van der Waals surface area contributed by atoms with E-state index >= 15 is 28.8 Å². The largest absolute Gasteiger partial charge is 0.508 e. The Morgan fingerprint density at radius 3 is 1.90 bits per heavy atom. The van der Waals surface area contributed by atoms with Crippen molar-refractivity contribution >= 4 is 76.4 Å². The van der Waals surface area contributed by atoms with Crippen molar-refractivity contribution in [1.82, 2.24) is 52.3 Å². The number of fused-ring (bicyclic) bond motifs is 14. The molecule has 9 heterocycles. The molecule has 17 bridgehead atoms. The zero-order chi connectivity index (χ0) is 92.2. The van der Waals surface area contributed by atoms with E-state index in [1.165, 1.54) is 60.5 Å². The summed E-state index contributed by atoms with van der Waals surface area (Å²) < 4.78 is 50.1. The monoisotopic (exact) mass is 1830 g/mol. The number of piperazine rings is 1. The predicted octanol–water partition coefficient (Wildman–Crippen LogP) is 3.96. The SMILES string of the molecule is CN[C@@H]1C(=O)N[C@@H]2Cc3ccc(cc3)Oc3cc4cc(c3O[C@@H]3O[C@H](C(=O)OC)[C@@H](O)[C@H](O)[C@H]3NC(=O)CCCCCCCCC(C)C)Oc3ccc(cc3Cl)[C@@H](O)[C@@H]3NC(=O)[C@H](NC(=O)[C@@H]4NC(=O)[C@@H](NC2=O)c2cc(cc(O)c2Cl)Oc2cc1ccc2O)c1ccc(O)c(c1)-c1c(O[C@H]2O[C@H](CO)[C@@H](O)[C@H](O)[C@@H]2O)cc(O)cc1[C@@H](C(=O)N1CCN(C)CC1)NC3=O. The third-order valence-electron chi connectivity index (χ3n) is 23.6. The van der Waals surface area contributed by atoms with Gasteiger partial charge in [-0.15, -0.1) is 0 Å². The van der Waals surface area contributed by atoms with E-state index in [0.717, 1.165) is 106 Å². The lowest BCUT2D eigenvalue weighted by Gasteiger charge is -2.41. The maximum Gasteiger partial charge on any atom is 0.337 e. The summed E-state index contributed by atoms with van der Waals surface area (Å²) in [7, 11) is 4.20. The van der Waals surface area contributed by atoms with Crippen molar-refractivity contribution in [2.45, 2.75) is 181 Å². The van der Waals surface area contributed by atoms with Crippen LogP contribution in [0.3, 0.4) is 0 Å². The van der Waals surface area contributed by atoms with Gasteiger partial charge in [0.15, 0.2) is 29.1 Å². The number of hydrogen-bond acceptors (Lipinski definition) is 30. The molecule has 9 aliphatic rings. The number of hydrogen-bond donors (Lipinski definition) is 19. The number of likely N-dealkylation sites (N-methyl/N-ethyl adjacent to an activating group) is 2. The number of halogens is 2. The molecule has 0 aromatic heterocycles. The summed E-state index contributed by atoms with van der Waals surface area (Å²) in [5.41, 5.74) is -2.46. The molecule has 0 saturated carbocycles. The molecule has 688 valence electrons. The van der Waals surface area contributed by atoms with Crippen LogP contribution in [0, 0.1) is 5.92 Å². The topological polar surface area (TPSA) is 553 Å². The van der Waals surface area contributed by atoms with Crippen LogP contribution in [-0.4, -0.2) is 247 Å². The highest BCUT2D eigenvalue weighted by atomic mass is 35.5. The molecule has 8 amide bonds. The number of carbonyl (C=O) groups excluding carboxylic acids is 9. The molecule has 16 rings (SSSR count). The number of aliphatic hydroxyl groups is 7. The second kappa shape index (κ2) is 40.0. The Labute approximate surface area is 748 Å². The van der Waals surface area contributed by atoms with Crippen molar-refractivity contribution in [1.29, 1.82) is 0 Å². The van der Waals surface area contributed by atoms with Gasteiger partial charge in [0.05, 0.1) is 23.8 Å². The standard InChI is InChI=1S/C89H100Cl2N10O28/c1-39(2)12-10-8-6-7-9-11-13-62(107)94-71-74(110)76(112)79(87(121)122-5)129-88(71)128-78-59-32-44-33-60(78)125-56-23-18-43(30-51(56)90)72(108)70-85(119)98-69(86(120)101-26-24-100(4)25-27-101)49-34-45(103)35-58(126-89-77(113)75(111)73(109)61(38-102)127-89)63(49)48-29-41(16-21-53(48)104)66(82(116)99-70)95-83(117)67(44)96-84(118)68-50-36-47(37-55(106)64(50)91)124-57-31-42(17-22-54(57)105)65(92-3)81(115)93-52(80(114)97-68)28-40-14-19-46(123-59)20-15-40/h14-23,29-37,39,52,61,65-77,79,88-89,92,102-106,108-113H,6-13,24-28,38H2,1-5H3,(H,93,115)(H,94,107)(H,95,117)(H,96,118)(H,97,114)(H,98,119)(H,99,116)/t52-,61-,65+,66-,67-,68+,69+,70+,71-,72-,73-,74-,75+,76+,77+,79+,88-,89+/m1/s1. The molecule has 0 radical (unpaired) electrons. The first-order valence-electron chi connectivity index (χ1n) is 42.0. The number of phenols is 4. The van der Waals surface area contributed by atoms with Gasteiger partial charge in [0, 0.05) is 67.8 Å². The molecule has 19 N–H and O–H groups in total. The van der Waals surface area contributed by atoms with Gasteiger partial charge in [-0.3, -0.25) is 38.4 Å². The average molecular weight is 1830 g/mol. The van der Waals surface area contributed by atoms with Crippen molar-refractivity contribution < 1.29 is 137 Å². The van der Waals surface area contributed by atoms with E-state index < -0.39 is 271 Å². The highest BCUT2D eigenvalue weighted by Gasteiger charge is 2.52. The quantitative estimate of drug-likeness (QED) is 0.0427. The summed E-state index contributed by atoms with van der Waals surface area (Å²) in [5.74, 6) is -16.3. The van der Waals surface area contributed by atoms with Crippen LogP contribution in [0.2, 0.25) is 10.0 Å². The number of amides is 8. The van der Waals surface area contributed by atoms with E-state index in [1.54, 1.807) is 7.05 Å². The Kier molecular flexibility index (Phi) is 28.9. The van der Waals surface area contributed by atoms with Gasteiger partial charge in [-0.25, -0.2) is 4.79 Å². The average Bonchev–Trinajstić information content (AvgIpc) is 0.750. The zero-order valence-electron chi connectivity index (χ0n) is 70.3. The molecule has 3 fully saturated rings. The number of benzene rings is 7. The molecule has 0 unspecified atom stereocenters. The molecule has 18 atom stereocenters. The molecular formula is C89H100Cl2N10O28. The summed E-state index contributed by atoms with van der Waals surface area (Å²) in [6.45, 7) is 3.93. The number of esters is 1. The zero-order valence-corrected chi connectivity index (χ0v) is 71.9. The van der Waals surface area contributed by atoms with Gasteiger partial charge in [0.1, 0.15) is 131 Å². The van der Waals surface area contributed by atoms with Crippen molar-refractivity contribution in [2.75, 3.05) is 54.0 Å². The lowest BCUT2D eigenvalue weighted by atomic mass is 9.89. The van der Waals surface area contributed by atoms with E-state index in [9.17, 15) is 70.6 Å². The molecule has 0 spiro atoms. The number of methoxy groups -OCH3 is 1. The first-order valence-corrected chi connectivity index (χ1v) is 42.8. The normalized spacial score (nSPS) is 26.6. The van der Waals surface area contributed by atoms with E-state index in [1.807, 2.05) is 4.90 Å². The Balaban J connectivity index is 0.995. The fourth-order valence-corrected chi connectivity index (χ4v) is 17.0. The van der Waals surface area contributed by atoms with Crippen LogP contribution in [0.1, 0.15) is 140 Å².